The second-order valence-electron chi connectivity index (χ2n) is 5.83. The number of hydrogen-bond donors (Lipinski definition) is 2. The van der Waals surface area contributed by atoms with E-state index in [-0.39, 0.29) is 17.3 Å². The third kappa shape index (κ3) is 9.64. The number of carbonyl (C=O) groups excluding carboxylic acids is 1. The van der Waals surface area contributed by atoms with Crippen molar-refractivity contribution in [2.45, 2.75) is 45.0 Å². The number of hydrogen-bond acceptors (Lipinski definition) is 4. The van der Waals surface area contributed by atoms with Crippen molar-refractivity contribution in [3.63, 3.8) is 0 Å². The van der Waals surface area contributed by atoms with E-state index in [1.54, 1.807) is 18.8 Å². The number of rotatable bonds is 5. The zero-order valence-corrected chi connectivity index (χ0v) is 13.9. The fourth-order valence-electron chi connectivity index (χ4n) is 1.12. The Morgan fingerprint density at radius 1 is 1.21 bits per heavy atom. The lowest BCUT2D eigenvalue weighted by Gasteiger charge is -2.24. The van der Waals surface area contributed by atoms with Gasteiger partial charge >= 0.3 is 5.97 Å². The van der Waals surface area contributed by atoms with Crippen LogP contribution in [-0.4, -0.2) is 48.7 Å². The molecular weight excluding hydrogens is 262 g/mol. The summed E-state index contributed by atoms with van der Waals surface area (Å²) in [6.45, 7) is 10.7. The van der Waals surface area contributed by atoms with Crippen LogP contribution in [0.2, 0.25) is 0 Å². The summed E-state index contributed by atoms with van der Waals surface area (Å²) >= 11 is 1.77. The van der Waals surface area contributed by atoms with E-state index in [0.717, 1.165) is 6.54 Å². The van der Waals surface area contributed by atoms with E-state index >= 15 is 0 Å². The van der Waals surface area contributed by atoms with Gasteiger partial charge in [0.1, 0.15) is 12.1 Å². The minimum absolute atomic E-state index is 0.108. The van der Waals surface area contributed by atoms with Crippen LogP contribution in [0.25, 0.3) is 0 Å². The van der Waals surface area contributed by atoms with Crippen molar-refractivity contribution in [2.24, 2.45) is 4.99 Å². The summed E-state index contributed by atoms with van der Waals surface area (Å²) in [6, 6.07) is 0. The van der Waals surface area contributed by atoms with Crippen molar-refractivity contribution in [3.8, 4) is 0 Å². The molecule has 5 nitrogen and oxygen atoms in total. The van der Waals surface area contributed by atoms with Crippen molar-refractivity contribution in [3.05, 3.63) is 0 Å². The predicted molar refractivity (Wildman–Crippen MR) is 82.8 cm³/mol. The number of nitrogens with one attached hydrogen (secondary N) is 2. The first-order chi connectivity index (χ1) is 8.59. The zero-order valence-electron chi connectivity index (χ0n) is 13.1. The molecule has 112 valence electrons. The molecule has 0 spiro atoms. The summed E-state index contributed by atoms with van der Waals surface area (Å²) in [4.78, 5) is 15.6. The van der Waals surface area contributed by atoms with Gasteiger partial charge in [-0.1, -0.05) is 0 Å². The fraction of sp³-hybridized carbons (Fsp3) is 0.846. The van der Waals surface area contributed by atoms with Gasteiger partial charge in [-0.25, -0.2) is 0 Å². The Morgan fingerprint density at radius 2 is 1.79 bits per heavy atom. The summed E-state index contributed by atoms with van der Waals surface area (Å²) in [7, 11) is 1.68. The van der Waals surface area contributed by atoms with E-state index in [0.29, 0.717) is 5.96 Å². The van der Waals surface area contributed by atoms with Crippen molar-refractivity contribution >= 4 is 23.7 Å². The number of esters is 1. The minimum Gasteiger partial charge on any atom is -0.459 e. The van der Waals surface area contributed by atoms with E-state index in [1.807, 2.05) is 20.8 Å². The Hall–Kier alpha value is -0.910. The SMILES string of the molecule is CN=C(NCC(=O)OC(C)(C)C)NCC(C)(C)SC. The Labute approximate surface area is 121 Å². The molecule has 0 aliphatic carbocycles. The van der Waals surface area contributed by atoms with Crippen LogP contribution in [0.4, 0.5) is 0 Å². The van der Waals surface area contributed by atoms with E-state index in [4.69, 9.17) is 4.74 Å². The number of guanidine groups is 1. The summed E-state index contributed by atoms with van der Waals surface area (Å²) < 4.78 is 5.33. The smallest absolute Gasteiger partial charge is 0.325 e. The van der Waals surface area contributed by atoms with Crippen LogP contribution in [0.1, 0.15) is 34.6 Å². The Balaban J connectivity index is 4.13. The van der Waals surface area contributed by atoms with Crippen molar-refractivity contribution in [1.29, 1.82) is 0 Å². The van der Waals surface area contributed by atoms with E-state index < -0.39 is 5.60 Å². The highest BCUT2D eigenvalue weighted by molar-refractivity contribution is 7.99. The van der Waals surface area contributed by atoms with E-state index in [1.165, 1.54) is 0 Å². The molecule has 0 atom stereocenters. The van der Waals surface area contributed by atoms with Gasteiger partial charge in [-0.15, -0.1) is 0 Å². The highest BCUT2D eigenvalue weighted by atomic mass is 32.2. The van der Waals surface area contributed by atoms with Crippen LogP contribution in [0.3, 0.4) is 0 Å². The van der Waals surface area contributed by atoms with Gasteiger partial charge < -0.3 is 15.4 Å². The third-order valence-corrected chi connectivity index (χ3v) is 3.53. The summed E-state index contributed by atoms with van der Waals surface area (Å²) in [5.41, 5.74) is -0.462. The molecule has 0 bridgehead atoms. The summed E-state index contributed by atoms with van der Waals surface area (Å²) in [5.74, 6) is 0.313. The number of aliphatic imine (C=N–C) groups is 1. The lowest BCUT2D eigenvalue weighted by Crippen LogP contribution is -2.45. The first kappa shape index (κ1) is 18.1. The summed E-state index contributed by atoms with van der Waals surface area (Å²) in [5, 5.41) is 6.13. The molecule has 0 amide bonds. The molecule has 0 aromatic heterocycles. The van der Waals surface area contributed by atoms with Gasteiger partial charge in [-0.05, 0) is 40.9 Å². The second-order valence-corrected chi connectivity index (χ2v) is 7.34. The van der Waals surface area contributed by atoms with Crippen LogP contribution in [0.5, 0.6) is 0 Å². The van der Waals surface area contributed by atoms with Gasteiger partial charge in [0.2, 0.25) is 0 Å². The Bertz CT molecular complexity index is 322. The maximum absolute atomic E-state index is 11.6. The van der Waals surface area contributed by atoms with Gasteiger partial charge in [0.15, 0.2) is 5.96 Å². The maximum Gasteiger partial charge on any atom is 0.325 e. The van der Waals surface area contributed by atoms with Crippen LogP contribution in [0.15, 0.2) is 4.99 Å². The zero-order chi connectivity index (χ0) is 15.1. The number of ether oxygens (including phenoxy) is 1. The molecule has 0 aliphatic heterocycles. The van der Waals surface area contributed by atoms with E-state index in [9.17, 15) is 4.79 Å². The van der Waals surface area contributed by atoms with Crippen molar-refractivity contribution < 1.29 is 9.53 Å². The molecule has 0 aromatic rings. The normalized spacial score (nSPS) is 13.1. The minimum atomic E-state index is -0.462. The molecule has 0 saturated carbocycles. The number of carbonyl (C=O) groups is 1. The number of nitrogens with zero attached hydrogens (tertiary/aromatic N) is 1. The molecule has 6 heteroatoms. The van der Waals surface area contributed by atoms with Gasteiger partial charge in [-0.2, -0.15) is 11.8 Å². The van der Waals surface area contributed by atoms with Gasteiger partial charge in [-0.3, -0.25) is 9.79 Å². The van der Waals surface area contributed by atoms with Crippen LogP contribution < -0.4 is 10.6 Å². The first-order valence-corrected chi connectivity index (χ1v) is 7.53. The lowest BCUT2D eigenvalue weighted by molar-refractivity contribution is -0.153. The molecule has 0 aromatic carbocycles. The topological polar surface area (TPSA) is 62.7 Å². The van der Waals surface area contributed by atoms with Crippen LogP contribution >= 0.6 is 11.8 Å². The predicted octanol–water partition coefficient (Wildman–Crippen LogP) is 1.63. The molecule has 0 aliphatic rings. The standard InChI is InChI=1S/C13H27N3O2S/c1-12(2,3)18-10(17)8-15-11(14-6)16-9-13(4,5)19-7/h8-9H2,1-7H3,(H2,14,15,16). The van der Waals surface area contributed by atoms with E-state index in [2.05, 4.69) is 35.7 Å². The van der Waals surface area contributed by atoms with Gasteiger partial charge in [0, 0.05) is 18.3 Å². The third-order valence-electron chi connectivity index (χ3n) is 2.28. The summed E-state index contributed by atoms with van der Waals surface area (Å²) in [6.07, 6.45) is 2.07. The highest BCUT2D eigenvalue weighted by Gasteiger charge is 2.18. The average Bonchev–Trinajstić information content (AvgIpc) is 2.27. The van der Waals surface area contributed by atoms with Crippen molar-refractivity contribution in [2.75, 3.05) is 26.4 Å². The largest absolute Gasteiger partial charge is 0.459 e. The molecule has 0 unspecified atom stereocenters. The molecular formula is C13H27N3O2S. The monoisotopic (exact) mass is 289 g/mol. The Morgan fingerprint density at radius 3 is 2.21 bits per heavy atom. The molecule has 0 fully saturated rings. The average molecular weight is 289 g/mol. The van der Waals surface area contributed by atoms with Crippen LogP contribution in [-0.2, 0) is 9.53 Å². The Kier molecular flexibility index (Phi) is 7.26. The molecule has 19 heavy (non-hydrogen) atoms. The van der Waals surface area contributed by atoms with Gasteiger partial charge in [0.05, 0.1) is 0 Å². The van der Waals surface area contributed by atoms with Gasteiger partial charge in [0.25, 0.3) is 0 Å². The number of thioether (sulfide) groups is 1. The molecule has 0 saturated heterocycles. The molecule has 0 rings (SSSR count). The highest BCUT2D eigenvalue weighted by Crippen LogP contribution is 2.19. The quantitative estimate of drug-likeness (QED) is 0.458. The lowest BCUT2D eigenvalue weighted by atomic mass is 10.2. The van der Waals surface area contributed by atoms with Crippen LogP contribution in [0, 0.1) is 0 Å². The first-order valence-electron chi connectivity index (χ1n) is 6.31. The maximum atomic E-state index is 11.6. The molecule has 0 heterocycles. The molecule has 0 radical (unpaired) electrons. The van der Waals surface area contributed by atoms with Crippen molar-refractivity contribution in [1.82, 2.24) is 10.6 Å². The second kappa shape index (κ2) is 7.62. The molecule has 2 N–H and O–H groups in total. The fourth-order valence-corrected chi connectivity index (χ4v) is 1.34.